The van der Waals surface area contributed by atoms with Crippen LogP contribution in [0.25, 0.3) is 0 Å². The quantitative estimate of drug-likeness (QED) is 0.833. The molecule has 4 heteroatoms. The van der Waals surface area contributed by atoms with Crippen molar-refractivity contribution in [2.75, 3.05) is 19.6 Å². The van der Waals surface area contributed by atoms with E-state index in [0.29, 0.717) is 13.2 Å². The van der Waals surface area contributed by atoms with Gasteiger partial charge in [-0.15, -0.1) is 0 Å². The van der Waals surface area contributed by atoms with E-state index in [-0.39, 0.29) is 11.4 Å². The molecule has 1 amide bonds. The van der Waals surface area contributed by atoms with Crippen LogP contribution >= 0.6 is 0 Å². The Kier molecular flexibility index (Phi) is 3.07. The summed E-state index contributed by atoms with van der Waals surface area (Å²) in [7, 11) is 0. The molecule has 19 heavy (non-hydrogen) atoms. The Morgan fingerprint density at radius 2 is 2.11 bits per heavy atom. The molecule has 1 aromatic rings. The first-order valence-electron chi connectivity index (χ1n) is 6.80. The molecule has 2 aliphatic heterocycles. The Bertz CT molecular complexity index is 511. The molecule has 2 aliphatic rings. The van der Waals surface area contributed by atoms with Crippen LogP contribution < -0.4 is 5.32 Å². The maximum Gasteiger partial charge on any atom is 0.254 e. The molecule has 2 heterocycles. The van der Waals surface area contributed by atoms with E-state index in [0.717, 1.165) is 30.8 Å². The number of piperazine rings is 1. The summed E-state index contributed by atoms with van der Waals surface area (Å²) >= 11 is 0. The Labute approximate surface area is 113 Å². The highest BCUT2D eigenvalue weighted by Crippen LogP contribution is 2.24. The topological polar surface area (TPSA) is 41.6 Å². The number of amides is 1. The van der Waals surface area contributed by atoms with Crippen molar-refractivity contribution in [2.45, 2.75) is 32.6 Å². The third kappa shape index (κ3) is 2.26. The number of hydrogen-bond acceptors (Lipinski definition) is 3. The molecule has 0 saturated carbocycles. The summed E-state index contributed by atoms with van der Waals surface area (Å²) in [6.45, 7) is 7.97. The molecule has 3 rings (SSSR count). The zero-order chi connectivity index (χ0) is 13.5. The number of fused-ring (bicyclic) bond motifs is 1. The first-order valence-corrected chi connectivity index (χ1v) is 6.80. The van der Waals surface area contributed by atoms with Gasteiger partial charge in [0, 0.05) is 25.2 Å². The number of carbonyl (C=O) groups excluding carboxylic acids is 1. The van der Waals surface area contributed by atoms with Crippen LogP contribution in [0.5, 0.6) is 0 Å². The van der Waals surface area contributed by atoms with E-state index >= 15 is 0 Å². The van der Waals surface area contributed by atoms with Gasteiger partial charge in [0.2, 0.25) is 0 Å². The largest absolute Gasteiger partial charge is 0.372 e. The molecule has 4 nitrogen and oxygen atoms in total. The minimum Gasteiger partial charge on any atom is -0.372 e. The highest BCUT2D eigenvalue weighted by molar-refractivity contribution is 5.95. The average molecular weight is 260 g/mol. The number of rotatable bonds is 1. The standard InChI is InChI=1S/C15H20N2O2/c1-15(2)10-16-5-6-17(15)14(18)11-3-4-12-8-19-9-13(12)7-11/h3-4,7,16H,5-6,8-10H2,1-2H3. The second-order valence-corrected chi connectivity index (χ2v) is 5.92. The Balaban J connectivity index is 1.87. The highest BCUT2D eigenvalue weighted by atomic mass is 16.5. The fourth-order valence-electron chi connectivity index (χ4n) is 2.82. The normalized spacial score (nSPS) is 21.3. The van der Waals surface area contributed by atoms with Gasteiger partial charge in [-0.05, 0) is 37.1 Å². The zero-order valence-electron chi connectivity index (χ0n) is 11.5. The molecule has 0 bridgehead atoms. The summed E-state index contributed by atoms with van der Waals surface area (Å²) in [5, 5.41) is 3.34. The zero-order valence-corrected chi connectivity index (χ0v) is 11.5. The van der Waals surface area contributed by atoms with Gasteiger partial charge in [0.15, 0.2) is 0 Å². The molecule has 0 unspecified atom stereocenters. The van der Waals surface area contributed by atoms with Crippen LogP contribution in [0.3, 0.4) is 0 Å². The van der Waals surface area contributed by atoms with Crippen molar-refractivity contribution in [3.05, 3.63) is 34.9 Å². The number of nitrogens with zero attached hydrogens (tertiary/aromatic N) is 1. The smallest absolute Gasteiger partial charge is 0.254 e. The predicted octanol–water partition coefficient (Wildman–Crippen LogP) is 1.54. The summed E-state index contributed by atoms with van der Waals surface area (Å²) in [4.78, 5) is 14.6. The summed E-state index contributed by atoms with van der Waals surface area (Å²) in [5.74, 6) is 0.126. The van der Waals surface area contributed by atoms with E-state index in [4.69, 9.17) is 4.74 Å². The highest BCUT2D eigenvalue weighted by Gasteiger charge is 2.33. The lowest BCUT2D eigenvalue weighted by Crippen LogP contribution is -2.59. The summed E-state index contributed by atoms with van der Waals surface area (Å²) < 4.78 is 5.40. The fourth-order valence-corrected chi connectivity index (χ4v) is 2.82. The molecule has 0 atom stereocenters. The third-order valence-electron chi connectivity index (χ3n) is 4.01. The van der Waals surface area contributed by atoms with Gasteiger partial charge in [0.1, 0.15) is 0 Å². The second-order valence-electron chi connectivity index (χ2n) is 5.92. The lowest BCUT2D eigenvalue weighted by molar-refractivity contribution is 0.0477. The van der Waals surface area contributed by atoms with Crippen molar-refractivity contribution >= 4 is 5.91 Å². The first kappa shape index (κ1) is 12.6. The van der Waals surface area contributed by atoms with E-state index in [2.05, 4.69) is 19.2 Å². The van der Waals surface area contributed by atoms with Crippen LogP contribution in [0.4, 0.5) is 0 Å². The van der Waals surface area contributed by atoms with Gasteiger partial charge in [0.25, 0.3) is 5.91 Å². The number of nitrogens with one attached hydrogen (secondary N) is 1. The van der Waals surface area contributed by atoms with Crippen molar-refractivity contribution < 1.29 is 9.53 Å². The van der Waals surface area contributed by atoms with Gasteiger partial charge < -0.3 is 15.0 Å². The van der Waals surface area contributed by atoms with Crippen molar-refractivity contribution in [1.29, 1.82) is 0 Å². The van der Waals surface area contributed by atoms with Crippen LogP contribution in [-0.2, 0) is 18.0 Å². The molecular weight excluding hydrogens is 240 g/mol. The van der Waals surface area contributed by atoms with Gasteiger partial charge in [-0.1, -0.05) is 6.07 Å². The maximum absolute atomic E-state index is 12.7. The van der Waals surface area contributed by atoms with E-state index in [1.807, 2.05) is 23.1 Å². The van der Waals surface area contributed by atoms with Crippen LogP contribution in [-0.4, -0.2) is 36.0 Å². The van der Waals surface area contributed by atoms with Gasteiger partial charge in [-0.2, -0.15) is 0 Å². The van der Waals surface area contributed by atoms with Crippen molar-refractivity contribution in [2.24, 2.45) is 0 Å². The maximum atomic E-state index is 12.7. The summed E-state index contributed by atoms with van der Waals surface area (Å²) in [6.07, 6.45) is 0. The molecule has 1 fully saturated rings. The number of hydrogen-bond donors (Lipinski definition) is 1. The van der Waals surface area contributed by atoms with E-state index in [1.165, 1.54) is 5.56 Å². The van der Waals surface area contributed by atoms with Crippen molar-refractivity contribution in [1.82, 2.24) is 10.2 Å². The van der Waals surface area contributed by atoms with E-state index in [9.17, 15) is 4.79 Å². The molecular formula is C15H20N2O2. The number of carbonyl (C=O) groups is 1. The molecule has 1 aromatic carbocycles. The van der Waals surface area contributed by atoms with Gasteiger partial charge in [-0.3, -0.25) is 4.79 Å². The van der Waals surface area contributed by atoms with E-state index < -0.39 is 0 Å². The molecule has 0 radical (unpaired) electrons. The van der Waals surface area contributed by atoms with Crippen molar-refractivity contribution in [3.8, 4) is 0 Å². The van der Waals surface area contributed by atoms with Crippen LogP contribution in [0.2, 0.25) is 0 Å². The number of benzene rings is 1. The molecule has 0 spiro atoms. The molecule has 102 valence electrons. The fraction of sp³-hybridized carbons (Fsp3) is 0.533. The molecule has 0 aromatic heterocycles. The second kappa shape index (κ2) is 4.62. The minimum absolute atomic E-state index is 0.126. The lowest BCUT2D eigenvalue weighted by Gasteiger charge is -2.42. The SMILES string of the molecule is CC1(C)CNCCN1C(=O)c1ccc2c(c1)COC2. The average Bonchev–Trinajstić information content (AvgIpc) is 2.84. The lowest BCUT2D eigenvalue weighted by atomic mass is 9.97. The Morgan fingerprint density at radius 1 is 1.32 bits per heavy atom. The first-order chi connectivity index (χ1) is 9.08. The van der Waals surface area contributed by atoms with Gasteiger partial charge in [0.05, 0.1) is 18.8 Å². The summed E-state index contributed by atoms with van der Waals surface area (Å²) in [5.41, 5.74) is 3.00. The monoisotopic (exact) mass is 260 g/mol. The van der Waals surface area contributed by atoms with Gasteiger partial charge >= 0.3 is 0 Å². The van der Waals surface area contributed by atoms with Crippen LogP contribution in [0, 0.1) is 0 Å². The van der Waals surface area contributed by atoms with Crippen molar-refractivity contribution in [3.63, 3.8) is 0 Å². The minimum atomic E-state index is -0.134. The Hall–Kier alpha value is -1.39. The molecule has 0 aliphatic carbocycles. The molecule has 1 N–H and O–H groups in total. The van der Waals surface area contributed by atoms with Gasteiger partial charge in [-0.25, -0.2) is 0 Å². The Morgan fingerprint density at radius 3 is 2.89 bits per heavy atom. The predicted molar refractivity (Wildman–Crippen MR) is 72.9 cm³/mol. The molecule has 1 saturated heterocycles. The van der Waals surface area contributed by atoms with Crippen LogP contribution in [0.15, 0.2) is 18.2 Å². The summed E-state index contributed by atoms with van der Waals surface area (Å²) in [6, 6.07) is 5.93. The van der Waals surface area contributed by atoms with Crippen LogP contribution in [0.1, 0.15) is 35.3 Å². The number of ether oxygens (including phenoxy) is 1. The van der Waals surface area contributed by atoms with E-state index in [1.54, 1.807) is 0 Å². The third-order valence-corrected chi connectivity index (χ3v) is 4.01.